The van der Waals surface area contributed by atoms with Crippen molar-refractivity contribution in [3.63, 3.8) is 0 Å². The fourth-order valence-corrected chi connectivity index (χ4v) is 3.56. The van der Waals surface area contributed by atoms with E-state index in [9.17, 15) is 14.4 Å². The van der Waals surface area contributed by atoms with Crippen LogP contribution in [-0.2, 0) is 16.0 Å². The number of amides is 1. The molecule has 1 aromatic heterocycles. The summed E-state index contributed by atoms with van der Waals surface area (Å²) >= 11 is 0. The highest BCUT2D eigenvalue weighted by Gasteiger charge is 2.19. The van der Waals surface area contributed by atoms with E-state index in [-0.39, 0.29) is 24.5 Å². The largest absolute Gasteiger partial charge is 0.481 e. The number of unbranched alkanes of at least 4 members (excludes halogenated alkanes) is 3. The number of carbonyl (C=O) groups is 2. The Balaban J connectivity index is 2.14. The Hall–Kier alpha value is -2.83. The molecule has 2 rings (SSSR count). The summed E-state index contributed by atoms with van der Waals surface area (Å²) in [6, 6.07) is 3.66. The van der Waals surface area contributed by atoms with Gasteiger partial charge in [-0.2, -0.15) is 0 Å². The Labute approximate surface area is 182 Å². The third-order valence-electron chi connectivity index (χ3n) is 5.47. The molecule has 0 spiro atoms. The molecule has 1 atom stereocenters. The molecule has 0 aliphatic rings. The summed E-state index contributed by atoms with van der Waals surface area (Å²) in [5.41, 5.74) is 2.49. The molecule has 0 saturated heterocycles. The second-order valence-electron chi connectivity index (χ2n) is 7.92. The Morgan fingerprint density at radius 2 is 1.87 bits per heavy atom. The van der Waals surface area contributed by atoms with Gasteiger partial charge in [0.15, 0.2) is 6.10 Å². The number of hydrogen-bond donors (Lipinski definition) is 2. The minimum absolute atomic E-state index is 0.00171. The van der Waals surface area contributed by atoms with Gasteiger partial charge in [0.25, 0.3) is 5.91 Å². The molecule has 7 nitrogen and oxygen atoms in total. The van der Waals surface area contributed by atoms with Crippen LogP contribution in [0.5, 0.6) is 5.75 Å². The Kier molecular flexibility index (Phi) is 9.09. The van der Waals surface area contributed by atoms with Crippen LogP contribution in [0.3, 0.4) is 0 Å². The van der Waals surface area contributed by atoms with Gasteiger partial charge in [-0.15, -0.1) is 0 Å². The fourth-order valence-electron chi connectivity index (χ4n) is 3.56. The highest BCUT2D eigenvalue weighted by atomic mass is 16.5. The maximum absolute atomic E-state index is 12.6. The number of ether oxygens (including phenoxy) is 1. The molecule has 170 valence electrons. The van der Waals surface area contributed by atoms with Crippen LogP contribution in [0.15, 0.2) is 21.3 Å². The minimum Gasteiger partial charge on any atom is -0.481 e. The summed E-state index contributed by atoms with van der Waals surface area (Å²) < 4.78 is 11.5. The van der Waals surface area contributed by atoms with Crippen molar-refractivity contribution < 1.29 is 23.8 Å². The van der Waals surface area contributed by atoms with E-state index in [2.05, 4.69) is 12.2 Å². The summed E-state index contributed by atoms with van der Waals surface area (Å²) in [4.78, 5) is 35.3. The third-order valence-corrected chi connectivity index (χ3v) is 5.47. The van der Waals surface area contributed by atoms with Gasteiger partial charge in [-0.3, -0.25) is 9.59 Å². The number of benzene rings is 1. The number of nitrogens with one attached hydrogen (secondary N) is 1. The van der Waals surface area contributed by atoms with Crippen LogP contribution in [0, 0.1) is 13.8 Å². The van der Waals surface area contributed by atoms with E-state index in [1.54, 1.807) is 19.9 Å². The van der Waals surface area contributed by atoms with Crippen LogP contribution in [0.4, 0.5) is 0 Å². The Morgan fingerprint density at radius 3 is 2.55 bits per heavy atom. The van der Waals surface area contributed by atoms with E-state index in [0.717, 1.165) is 42.2 Å². The average molecular weight is 432 g/mol. The van der Waals surface area contributed by atoms with E-state index in [0.29, 0.717) is 29.7 Å². The monoisotopic (exact) mass is 431 g/mol. The van der Waals surface area contributed by atoms with Crippen LogP contribution in [0.1, 0.15) is 69.1 Å². The molecule has 2 N–H and O–H groups in total. The highest BCUT2D eigenvalue weighted by molar-refractivity contribution is 5.86. The van der Waals surface area contributed by atoms with E-state index in [1.165, 1.54) is 0 Å². The molecule has 1 amide bonds. The van der Waals surface area contributed by atoms with E-state index in [4.69, 9.17) is 14.3 Å². The summed E-state index contributed by atoms with van der Waals surface area (Å²) in [7, 11) is 0. The number of aliphatic carboxylic acids is 1. The number of rotatable bonds is 12. The molecule has 1 heterocycles. The van der Waals surface area contributed by atoms with Crippen molar-refractivity contribution in [2.75, 3.05) is 6.54 Å². The lowest BCUT2D eigenvalue weighted by atomic mass is 9.99. The first-order valence-electron chi connectivity index (χ1n) is 11.0. The van der Waals surface area contributed by atoms with Gasteiger partial charge in [0, 0.05) is 29.5 Å². The number of carboxylic acid groups (broad SMARTS) is 1. The van der Waals surface area contributed by atoms with Gasteiger partial charge >= 0.3 is 11.6 Å². The summed E-state index contributed by atoms with van der Waals surface area (Å²) in [5, 5.41) is 12.2. The van der Waals surface area contributed by atoms with Crippen molar-refractivity contribution in [3.8, 4) is 5.75 Å². The van der Waals surface area contributed by atoms with Crippen LogP contribution in [0.25, 0.3) is 11.0 Å². The van der Waals surface area contributed by atoms with Gasteiger partial charge in [-0.1, -0.05) is 26.2 Å². The first-order chi connectivity index (χ1) is 14.8. The van der Waals surface area contributed by atoms with Crippen molar-refractivity contribution in [1.82, 2.24) is 5.32 Å². The molecule has 0 bridgehead atoms. The predicted octanol–water partition coefficient (Wildman–Crippen LogP) is 4.28. The summed E-state index contributed by atoms with van der Waals surface area (Å²) in [6.45, 7) is 7.80. The Bertz CT molecular complexity index is 978. The van der Waals surface area contributed by atoms with Crippen LogP contribution >= 0.6 is 0 Å². The SMILES string of the molecule is CCCCCCc1c(C)c2ccc(OC(C)C(=O)NCCCC(=O)O)c(C)c2oc1=O. The zero-order valence-corrected chi connectivity index (χ0v) is 18.9. The Morgan fingerprint density at radius 1 is 1.13 bits per heavy atom. The molecule has 2 aromatic rings. The molecule has 1 aromatic carbocycles. The lowest BCUT2D eigenvalue weighted by Gasteiger charge is -2.17. The van der Waals surface area contributed by atoms with Crippen molar-refractivity contribution in [3.05, 3.63) is 39.2 Å². The summed E-state index contributed by atoms with van der Waals surface area (Å²) in [6.07, 6.45) is 4.65. The normalized spacial score (nSPS) is 12.0. The molecule has 0 fully saturated rings. The number of carboxylic acids is 1. The van der Waals surface area contributed by atoms with Gasteiger partial charge in [-0.05, 0) is 57.7 Å². The first-order valence-corrected chi connectivity index (χ1v) is 11.0. The zero-order chi connectivity index (χ0) is 23.0. The fraction of sp³-hybridized carbons (Fsp3) is 0.542. The second-order valence-corrected chi connectivity index (χ2v) is 7.92. The molecule has 1 unspecified atom stereocenters. The standard InChI is InChI=1S/C24H33NO6/c1-5-6-7-8-10-19-15(2)18-12-13-20(16(3)22(18)31-24(19)29)30-17(4)23(28)25-14-9-11-21(26)27/h12-13,17H,5-11,14H2,1-4H3,(H,25,28)(H,26,27). The van der Waals surface area contributed by atoms with E-state index in [1.807, 2.05) is 13.0 Å². The van der Waals surface area contributed by atoms with Crippen LogP contribution in [0.2, 0.25) is 0 Å². The number of aryl methyl sites for hydroxylation is 2. The van der Waals surface area contributed by atoms with E-state index < -0.39 is 12.1 Å². The van der Waals surface area contributed by atoms with Gasteiger partial charge in [-0.25, -0.2) is 4.79 Å². The molecular weight excluding hydrogens is 398 g/mol. The van der Waals surface area contributed by atoms with Crippen molar-refractivity contribution in [1.29, 1.82) is 0 Å². The maximum Gasteiger partial charge on any atom is 0.339 e. The molecule has 0 radical (unpaired) electrons. The zero-order valence-electron chi connectivity index (χ0n) is 18.9. The minimum atomic E-state index is -0.897. The molecule has 0 aliphatic carbocycles. The first kappa shape index (κ1) is 24.4. The molecule has 0 saturated carbocycles. The van der Waals surface area contributed by atoms with Gasteiger partial charge in [0.1, 0.15) is 11.3 Å². The number of hydrogen-bond acceptors (Lipinski definition) is 5. The average Bonchev–Trinajstić information content (AvgIpc) is 2.72. The van der Waals surface area contributed by atoms with Crippen molar-refractivity contribution in [2.45, 2.75) is 78.7 Å². The predicted molar refractivity (Wildman–Crippen MR) is 120 cm³/mol. The summed E-state index contributed by atoms with van der Waals surface area (Å²) in [5.74, 6) is -0.755. The second kappa shape index (κ2) is 11.5. The topological polar surface area (TPSA) is 106 Å². The van der Waals surface area contributed by atoms with Crippen LogP contribution < -0.4 is 15.7 Å². The smallest absolute Gasteiger partial charge is 0.339 e. The lowest BCUT2D eigenvalue weighted by Crippen LogP contribution is -2.37. The van der Waals surface area contributed by atoms with Gasteiger partial charge in [0.2, 0.25) is 0 Å². The maximum atomic E-state index is 12.6. The molecule has 7 heteroatoms. The highest BCUT2D eigenvalue weighted by Crippen LogP contribution is 2.30. The van der Waals surface area contributed by atoms with Gasteiger partial charge in [0.05, 0.1) is 0 Å². The molecule has 0 aliphatic heterocycles. The van der Waals surface area contributed by atoms with Crippen molar-refractivity contribution in [2.24, 2.45) is 0 Å². The molecular formula is C24H33NO6. The third kappa shape index (κ3) is 6.57. The van der Waals surface area contributed by atoms with E-state index >= 15 is 0 Å². The quantitative estimate of drug-likeness (QED) is 0.384. The number of carbonyl (C=O) groups excluding carboxylic acids is 1. The van der Waals surface area contributed by atoms with Crippen molar-refractivity contribution >= 4 is 22.8 Å². The van der Waals surface area contributed by atoms with Gasteiger partial charge < -0.3 is 19.6 Å². The molecule has 31 heavy (non-hydrogen) atoms. The number of fused-ring (bicyclic) bond motifs is 1. The van der Waals surface area contributed by atoms with Crippen LogP contribution in [-0.4, -0.2) is 29.6 Å². The lowest BCUT2D eigenvalue weighted by molar-refractivity contribution is -0.137.